The Kier molecular flexibility index (Phi) is 3.78. The van der Waals surface area contributed by atoms with Crippen LogP contribution in [0.15, 0.2) is 12.4 Å². The van der Waals surface area contributed by atoms with E-state index in [0.29, 0.717) is 24.4 Å². The number of carbonyl (C=O) groups is 1. The van der Waals surface area contributed by atoms with E-state index in [2.05, 4.69) is 23.1 Å². The van der Waals surface area contributed by atoms with Crippen LogP contribution in [0.25, 0.3) is 0 Å². The number of carboxylic acid groups (broad SMARTS) is 1. The molecular formula is C15H23N3O2. The zero-order chi connectivity index (χ0) is 14.1. The van der Waals surface area contributed by atoms with E-state index in [0.717, 1.165) is 25.9 Å². The SMILES string of the molecule is CCn1cc(CN2C3CCC2CC(CC(=O)O)C3)cn1. The number of rotatable bonds is 5. The normalized spacial score (nSPS) is 29.8. The molecule has 0 amide bonds. The minimum absolute atomic E-state index is 0.342. The van der Waals surface area contributed by atoms with Crippen molar-refractivity contribution in [2.24, 2.45) is 5.92 Å². The molecule has 2 unspecified atom stereocenters. The maximum atomic E-state index is 10.9. The summed E-state index contributed by atoms with van der Waals surface area (Å²) in [7, 11) is 0. The monoisotopic (exact) mass is 277 g/mol. The van der Waals surface area contributed by atoms with Crippen molar-refractivity contribution in [2.45, 2.75) is 64.2 Å². The zero-order valence-corrected chi connectivity index (χ0v) is 12.0. The van der Waals surface area contributed by atoms with Crippen LogP contribution < -0.4 is 0 Å². The molecule has 2 aliphatic rings. The first-order valence-electron chi connectivity index (χ1n) is 7.64. The lowest BCUT2D eigenvalue weighted by Crippen LogP contribution is -2.42. The summed E-state index contributed by atoms with van der Waals surface area (Å²) in [5.74, 6) is -0.272. The summed E-state index contributed by atoms with van der Waals surface area (Å²) < 4.78 is 1.97. The maximum absolute atomic E-state index is 10.9. The van der Waals surface area contributed by atoms with Gasteiger partial charge in [-0.25, -0.2) is 0 Å². The molecule has 3 heterocycles. The Labute approximate surface area is 119 Å². The van der Waals surface area contributed by atoms with E-state index in [-0.39, 0.29) is 0 Å². The molecule has 2 aliphatic heterocycles. The van der Waals surface area contributed by atoms with E-state index in [1.807, 2.05) is 10.9 Å². The molecule has 2 fully saturated rings. The fraction of sp³-hybridized carbons (Fsp3) is 0.733. The molecule has 1 aromatic rings. The molecule has 2 bridgehead atoms. The van der Waals surface area contributed by atoms with Gasteiger partial charge in [-0.1, -0.05) is 0 Å². The highest BCUT2D eigenvalue weighted by atomic mass is 16.4. The fourth-order valence-corrected chi connectivity index (χ4v) is 3.93. The van der Waals surface area contributed by atoms with Crippen molar-refractivity contribution in [1.82, 2.24) is 14.7 Å². The van der Waals surface area contributed by atoms with E-state index < -0.39 is 5.97 Å². The van der Waals surface area contributed by atoms with Gasteiger partial charge in [0.25, 0.3) is 0 Å². The van der Waals surface area contributed by atoms with Crippen LogP contribution in [0.1, 0.15) is 44.6 Å². The van der Waals surface area contributed by atoms with Gasteiger partial charge in [0.1, 0.15) is 0 Å². The molecule has 0 aliphatic carbocycles. The van der Waals surface area contributed by atoms with Crippen LogP contribution in [0.2, 0.25) is 0 Å². The number of fused-ring (bicyclic) bond motifs is 2. The Hall–Kier alpha value is -1.36. The van der Waals surface area contributed by atoms with Gasteiger partial charge in [-0.05, 0) is 38.5 Å². The Bertz CT molecular complexity index is 471. The van der Waals surface area contributed by atoms with Gasteiger partial charge in [0, 0.05) is 43.4 Å². The summed E-state index contributed by atoms with van der Waals surface area (Å²) in [6.45, 7) is 3.97. The number of carboxylic acids is 1. The predicted molar refractivity (Wildman–Crippen MR) is 75.2 cm³/mol. The Balaban J connectivity index is 1.63. The Morgan fingerprint density at radius 1 is 1.40 bits per heavy atom. The van der Waals surface area contributed by atoms with Crippen LogP contribution in [0.5, 0.6) is 0 Å². The van der Waals surface area contributed by atoms with Gasteiger partial charge < -0.3 is 5.11 Å². The van der Waals surface area contributed by atoms with Crippen LogP contribution in [-0.4, -0.2) is 37.8 Å². The molecule has 2 saturated heterocycles. The Morgan fingerprint density at radius 3 is 2.65 bits per heavy atom. The van der Waals surface area contributed by atoms with Crippen LogP contribution in [-0.2, 0) is 17.9 Å². The lowest BCUT2D eigenvalue weighted by atomic mass is 9.88. The van der Waals surface area contributed by atoms with Gasteiger partial charge >= 0.3 is 5.97 Å². The minimum atomic E-state index is -0.646. The predicted octanol–water partition coefficient (Wildman–Crippen LogP) is 2.12. The number of nitrogens with zero attached hydrogens (tertiary/aromatic N) is 3. The van der Waals surface area contributed by atoms with Gasteiger partial charge in [-0.2, -0.15) is 5.10 Å². The van der Waals surface area contributed by atoms with Gasteiger partial charge in [0.2, 0.25) is 0 Å². The number of aliphatic carboxylic acids is 1. The second kappa shape index (κ2) is 5.56. The van der Waals surface area contributed by atoms with Crippen molar-refractivity contribution in [3.8, 4) is 0 Å². The van der Waals surface area contributed by atoms with Crippen LogP contribution in [0.3, 0.4) is 0 Å². The number of aryl methyl sites for hydroxylation is 1. The number of piperidine rings is 1. The van der Waals surface area contributed by atoms with E-state index in [4.69, 9.17) is 5.11 Å². The van der Waals surface area contributed by atoms with Crippen molar-refractivity contribution in [3.63, 3.8) is 0 Å². The van der Waals surface area contributed by atoms with Gasteiger partial charge in [0.15, 0.2) is 0 Å². The first kappa shape index (κ1) is 13.6. The van der Waals surface area contributed by atoms with Crippen molar-refractivity contribution < 1.29 is 9.90 Å². The molecule has 3 rings (SSSR count). The first-order valence-corrected chi connectivity index (χ1v) is 7.64. The maximum Gasteiger partial charge on any atom is 0.303 e. The van der Waals surface area contributed by atoms with Gasteiger partial charge in [-0.15, -0.1) is 0 Å². The molecule has 5 nitrogen and oxygen atoms in total. The molecule has 0 aromatic carbocycles. The van der Waals surface area contributed by atoms with Crippen LogP contribution in [0, 0.1) is 5.92 Å². The van der Waals surface area contributed by atoms with Crippen molar-refractivity contribution >= 4 is 5.97 Å². The third-order valence-electron chi connectivity index (χ3n) is 4.82. The average molecular weight is 277 g/mol. The van der Waals surface area contributed by atoms with Gasteiger partial charge in [0.05, 0.1) is 6.20 Å². The van der Waals surface area contributed by atoms with Crippen molar-refractivity contribution in [1.29, 1.82) is 0 Å². The summed E-state index contributed by atoms with van der Waals surface area (Å²) in [6.07, 6.45) is 8.98. The molecule has 0 spiro atoms. The lowest BCUT2D eigenvalue weighted by Gasteiger charge is -2.38. The third-order valence-corrected chi connectivity index (χ3v) is 4.82. The van der Waals surface area contributed by atoms with E-state index in [9.17, 15) is 4.79 Å². The first-order chi connectivity index (χ1) is 9.65. The van der Waals surface area contributed by atoms with Gasteiger partial charge in [-0.3, -0.25) is 14.4 Å². The standard InChI is InChI=1S/C15H23N3O2/c1-2-17-9-12(8-16-17)10-18-13-3-4-14(18)6-11(5-13)7-15(19)20/h8-9,11,13-14H,2-7,10H2,1H3,(H,19,20). The van der Waals surface area contributed by atoms with Crippen molar-refractivity contribution in [3.05, 3.63) is 18.0 Å². The number of aromatic nitrogens is 2. The summed E-state index contributed by atoms with van der Waals surface area (Å²) in [5.41, 5.74) is 1.28. The Morgan fingerprint density at radius 2 is 2.10 bits per heavy atom. The molecule has 2 atom stereocenters. The molecule has 1 N–H and O–H groups in total. The molecule has 110 valence electrons. The fourth-order valence-electron chi connectivity index (χ4n) is 3.93. The molecule has 20 heavy (non-hydrogen) atoms. The summed E-state index contributed by atoms with van der Waals surface area (Å²) in [6, 6.07) is 1.14. The third kappa shape index (κ3) is 2.73. The topological polar surface area (TPSA) is 58.4 Å². The zero-order valence-electron chi connectivity index (χ0n) is 12.0. The molecular weight excluding hydrogens is 254 g/mol. The van der Waals surface area contributed by atoms with E-state index >= 15 is 0 Å². The van der Waals surface area contributed by atoms with Crippen LogP contribution in [0.4, 0.5) is 0 Å². The summed E-state index contributed by atoms with van der Waals surface area (Å²) in [4.78, 5) is 13.5. The lowest BCUT2D eigenvalue weighted by molar-refractivity contribution is -0.138. The second-order valence-corrected chi connectivity index (χ2v) is 6.20. The minimum Gasteiger partial charge on any atom is -0.481 e. The summed E-state index contributed by atoms with van der Waals surface area (Å²) >= 11 is 0. The largest absolute Gasteiger partial charge is 0.481 e. The molecule has 5 heteroatoms. The van der Waals surface area contributed by atoms with E-state index in [1.165, 1.54) is 18.4 Å². The quantitative estimate of drug-likeness (QED) is 0.895. The number of hydrogen-bond acceptors (Lipinski definition) is 3. The van der Waals surface area contributed by atoms with Crippen LogP contribution >= 0.6 is 0 Å². The highest BCUT2D eigenvalue weighted by molar-refractivity contribution is 5.67. The highest BCUT2D eigenvalue weighted by Gasteiger charge is 2.40. The summed E-state index contributed by atoms with van der Waals surface area (Å²) in [5, 5.41) is 13.3. The molecule has 1 aromatic heterocycles. The highest BCUT2D eigenvalue weighted by Crippen LogP contribution is 2.40. The molecule has 0 radical (unpaired) electrons. The smallest absolute Gasteiger partial charge is 0.303 e. The van der Waals surface area contributed by atoms with Crippen molar-refractivity contribution in [2.75, 3.05) is 0 Å². The second-order valence-electron chi connectivity index (χ2n) is 6.20. The van der Waals surface area contributed by atoms with E-state index in [1.54, 1.807) is 0 Å². The average Bonchev–Trinajstić information content (AvgIpc) is 2.93. The number of hydrogen-bond donors (Lipinski definition) is 1. The molecule has 0 saturated carbocycles.